The van der Waals surface area contributed by atoms with Crippen molar-refractivity contribution in [2.24, 2.45) is 5.73 Å². The molecule has 6 heteroatoms. The summed E-state index contributed by atoms with van der Waals surface area (Å²) in [6, 6.07) is -0.0458. The van der Waals surface area contributed by atoms with Gasteiger partial charge in [0.25, 0.3) is 0 Å². The van der Waals surface area contributed by atoms with Gasteiger partial charge in [-0.25, -0.2) is 4.98 Å². The summed E-state index contributed by atoms with van der Waals surface area (Å²) in [4.78, 5) is 5.82. The van der Waals surface area contributed by atoms with Crippen LogP contribution in [0.1, 0.15) is 61.4 Å². The number of aromatic nitrogens is 3. The Morgan fingerprint density at radius 2 is 2.10 bits per heavy atom. The SMILES string of the molecule is CCCc1nnsc1C(N)Cc1nc(C(C)(C)C)cs1. The molecule has 2 rings (SSSR count). The number of hydrogen-bond acceptors (Lipinski definition) is 6. The van der Waals surface area contributed by atoms with Crippen LogP contribution >= 0.6 is 22.9 Å². The smallest absolute Gasteiger partial charge is 0.0947 e. The van der Waals surface area contributed by atoms with Crippen LogP contribution in [0.5, 0.6) is 0 Å². The molecule has 0 spiro atoms. The van der Waals surface area contributed by atoms with Gasteiger partial charge in [0.05, 0.1) is 21.3 Å². The quantitative estimate of drug-likeness (QED) is 0.918. The minimum atomic E-state index is -0.0458. The summed E-state index contributed by atoms with van der Waals surface area (Å²) in [6.45, 7) is 8.68. The molecule has 0 aliphatic carbocycles. The summed E-state index contributed by atoms with van der Waals surface area (Å²) >= 11 is 3.11. The predicted octanol–water partition coefficient (Wildman–Crippen LogP) is 3.49. The Bertz CT molecular complexity index is 554. The summed E-state index contributed by atoms with van der Waals surface area (Å²) in [5.74, 6) is 0. The molecule has 2 N–H and O–H groups in total. The van der Waals surface area contributed by atoms with E-state index in [9.17, 15) is 0 Å². The third kappa shape index (κ3) is 3.62. The van der Waals surface area contributed by atoms with Crippen LogP contribution in [-0.4, -0.2) is 14.6 Å². The fraction of sp³-hybridized carbons (Fsp3) is 0.643. The molecule has 1 unspecified atom stereocenters. The average Bonchev–Trinajstić information content (AvgIpc) is 2.97. The molecule has 0 aliphatic rings. The van der Waals surface area contributed by atoms with E-state index in [4.69, 9.17) is 10.7 Å². The van der Waals surface area contributed by atoms with Crippen molar-refractivity contribution in [1.82, 2.24) is 14.6 Å². The molecule has 0 aromatic carbocycles. The van der Waals surface area contributed by atoms with Gasteiger partial charge in [-0.1, -0.05) is 38.6 Å². The minimum absolute atomic E-state index is 0.0458. The van der Waals surface area contributed by atoms with Crippen LogP contribution < -0.4 is 5.73 Å². The largest absolute Gasteiger partial charge is 0.323 e. The molecule has 2 aromatic rings. The first-order valence-corrected chi connectivity index (χ1v) is 8.58. The Hall–Kier alpha value is -0.850. The number of nitrogens with zero attached hydrogens (tertiary/aromatic N) is 3. The Morgan fingerprint density at radius 3 is 2.70 bits per heavy atom. The molecule has 1 atom stereocenters. The number of thiazole rings is 1. The number of hydrogen-bond donors (Lipinski definition) is 1. The van der Waals surface area contributed by atoms with Gasteiger partial charge in [-0.2, -0.15) is 0 Å². The van der Waals surface area contributed by atoms with Gasteiger partial charge in [0.2, 0.25) is 0 Å². The van der Waals surface area contributed by atoms with Crippen molar-refractivity contribution in [2.45, 2.75) is 58.4 Å². The van der Waals surface area contributed by atoms with Gasteiger partial charge in [-0.15, -0.1) is 16.4 Å². The van der Waals surface area contributed by atoms with E-state index < -0.39 is 0 Å². The first kappa shape index (κ1) is 15.5. The fourth-order valence-electron chi connectivity index (χ4n) is 1.94. The normalized spacial score (nSPS) is 13.7. The van der Waals surface area contributed by atoms with Gasteiger partial charge >= 0.3 is 0 Å². The maximum absolute atomic E-state index is 6.32. The summed E-state index contributed by atoms with van der Waals surface area (Å²) in [6.07, 6.45) is 2.78. The Morgan fingerprint density at radius 1 is 1.35 bits per heavy atom. The van der Waals surface area contributed by atoms with Crippen LogP contribution in [0.4, 0.5) is 0 Å². The van der Waals surface area contributed by atoms with Crippen molar-refractivity contribution in [1.29, 1.82) is 0 Å². The van der Waals surface area contributed by atoms with Gasteiger partial charge in [-0.05, 0) is 18.0 Å². The van der Waals surface area contributed by atoms with Crippen LogP contribution in [0.15, 0.2) is 5.38 Å². The number of rotatable bonds is 5. The van der Waals surface area contributed by atoms with Crippen molar-refractivity contribution < 1.29 is 0 Å². The van der Waals surface area contributed by atoms with Crippen LogP contribution in [0.2, 0.25) is 0 Å². The second kappa shape index (κ2) is 6.28. The lowest BCUT2D eigenvalue weighted by Crippen LogP contribution is -2.15. The van der Waals surface area contributed by atoms with E-state index in [2.05, 4.69) is 42.7 Å². The van der Waals surface area contributed by atoms with E-state index in [1.807, 2.05) is 0 Å². The third-order valence-corrected chi connectivity index (χ3v) is 4.89. The third-order valence-electron chi connectivity index (χ3n) is 3.12. The first-order valence-electron chi connectivity index (χ1n) is 6.93. The summed E-state index contributed by atoms with van der Waals surface area (Å²) in [5.41, 5.74) is 8.61. The lowest BCUT2D eigenvalue weighted by molar-refractivity contribution is 0.569. The highest BCUT2D eigenvalue weighted by molar-refractivity contribution is 7.09. The molecule has 2 heterocycles. The molecule has 0 bridgehead atoms. The maximum Gasteiger partial charge on any atom is 0.0947 e. The molecule has 0 radical (unpaired) electrons. The molecule has 20 heavy (non-hydrogen) atoms. The van der Waals surface area contributed by atoms with E-state index >= 15 is 0 Å². The second-order valence-corrected chi connectivity index (χ2v) is 7.75. The van der Waals surface area contributed by atoms with E-state index in [0.717, 1.165) is 40.5 Å². The van der Waals surface area contributed by atoms with Gasteiger partial charge in [0, 0.05) is 23.3 Å². The molecular weight excluding hydrogens is 288 g/mol. The number of aryl methyl sites for hydroxylation is 1. The second-order valence-electron chi connectivity index (χ2n) is 6.02. The molecule has 110 valence electrons. The molecule has 0 saturated carbocycles. The number of nitrogens with two attached hydrogens (primary N) is 1. The lowest BCUT2D eigenvalue weighted by atomic mass is 9.93. The van der Waals surface area contributed by atoms with Crippen molar-refractivity contribution >= 4 is 22.9 Å². The summed E-state index contributed by atoms with van der Waals surface area (Å²) in [7, 11) is 0. The van der Waals surface area contributed by atoms with E-state index in [-0.39, 0.29) is 11.5 Å². The molecule has 0 amide bonds. The van der Waals surface area contributed by atoms with Gasteiger partial charge in [0.15, 0.2) is 0 Å². The predicted molar refractivity (Wildman–Crippen MR) is 85.4 cm³/mol. The van der Waals surface area contributed by atoms with Crippen molar-refractivity contribution in [3.05, 3.63) is 26.7 Å². The Balaban J connectivity index is 2.09. The molecular formula is C14H22N4S2. The Kier molecular flexibility index (Phi) is 4.88. The molecule has 0 fully saturated rings. The summed E-state index contributed by atoms with van der Waals surface area (Å²) in [5, 5.41) is 7.42. The molecule has 4 nitrogen and oxygen atoms in total. The van der Waals surface area contributed by atoms with Crippen LogP contribution in [0.3, 0.4) is 0 Å². The molecule has 0 aliphatic heterocycles. The zero-order valence-corrected chi connectivity index (χ0v) is 14.1. The standard InChI is InChI=1S/C14H22N4S2/c1-5-6-10-13(20-18-17-10)9(15)7-12-16-11(8-19-12)14(2,3)4/h8-9H,5-7,15H2,1-4H3. The van der Waals surface area contributed by atoms with Gasteiger partial charge in [0.1, 0.15) is 0 Å². The van der Waals surface area contributed by atoms with Crippen molar-refractivity contribution in [2.75, 3.05) is 0 Å². The molecule has 2 aromatic heterocycles. The summed E-state index contributed by atoms with van der Waals surface area (Å²) < 4.78 is 4.04. The highest BCUT2D eigenvalue weighted by Crippen LogP contribution is 2.28. The van der Waals surface area contributed by atoms with Crippen molar-refractivity contribution in [3.63, 3.8) is 0 Å². The van der Waals surface area contributed by atoms with Crippen molar-refractivity contribution in [3.8, 4) is 0 Å². The first-order chi connectivity index (χ1) is 9.41. The average molecular weight is 310 g/mol. The lowest BCUT2D eigenvalue weighted by Gasteiger charge is -2.14. The van der Waals surface area contributed by atoms with Gasteiger partial charge < -0.3 is 5.73 Å². The fourth-order valence-corrected chi connectivity index (χ4v) is 3.71. The Labute approximate surface area is 128 Å². The monoisotopic (exact) mass is 310 g/mol. The van der Waals surface area contributed by atoms with Crippen LogP contribution in [0.25, 0.3) is 0 Å². The zero-order chi connectivity index (χ0) is 14.8. The molecule has 0 saturated heterocycles. The van der Waals surface area contributed by atoms with Gasteiger partial charge in [-0.3, -0.25) is 0 Å². The minimum Gasteiger partial charge on any atom is -0.323 e. The maximum atomic E-state index is 6.32. The topological polar surface area (TPSA) is 64.7 Å². The van der Waals surface area contributed by atoms with E-state index in [1.165, 1.54) is 11.5 Å². The van der Waals surface area contributed by atoms with Crippen LogP contribution in [0, 0.1) is 0 Å². The highest BCUT2D eigenvalue weighted by Gasteiger charge is 2.20. The zero-order valence-electron chi connectivity index (χ0n) is 12.5. The van der Waals surface area contributed by atoms with E-state index in [1.54, 1.807) is 11.3 Å². The highest BCUT2D eigenvalue weighted by atomic mass is 32.1. The van der Waals surface area contributed by atoms with Crippen LogP contribution in [-0.2, 0) is 18.3 Å². The van der Waals surface area contributed by atoms with E-state index in [0.29, 0.717) is 0 Å².